The Hall–Kier alpha value is -2.49. The predicted molar refractivity (Wildman–Crippen MR) is 80.9 cm³/mol. The number of nitrogens with zero attached hydrogens (tertiary/aromatic N) is 1. The minimum absolute atomic E-state index is 0.107. The summed E-state index contributed by atoms with van der Waals surface area (Å²) in [5, 5.41) is 19.9. The van der Waals surface area contributed by atoms with Crippen LogP contribution in [0.25, 0.3) is 0 Å². The van der Waals surface area contributed by atoms with Crippen LogP contribution in [-0.4, -0.2) is 22.7 Å². The molecule has 4 nitrogen and oxygen atoms in total. The van der Waals surface area contributed by atoms with Gasteiger partial charge >= 0.3 is 0 Å². The standard InChI is InChI=1S/C17H17NO3/c1-11-13(7-3-8-14(11)19)17(21)18-10-4-6-12-5-2-9-15(20)16(12)18/h2-3,5,7-9,19-20H,4,6,10H2,1H3. The Morgan fingerprint density at radius 1 is 1.10 bits per heavy atom. The van der Waals surface area contributed by atoms with Crippen molar-refractivity contribution >= 4 is 11.6 Å². The summed E-state index contributed by atoms with van der Waals surface area (Å²) in [6.07, 6.45) is 1.71. The van der Waals surface area contributed by atoms with Crippen molar-refractivity contribution in [1.29, 1.82) is 0 Å². The van der Waals surface area contributed by atoms with Crippen LogP contribution in [0, 0.1) is 6.92 Å². The first-order valence-corrected chi connectivity index (χ1v) is 7.01. The number of carbonyl (C=O) groups is 1. The fourth-order valence-corrected chi connectivity index (χ4v) is 2.83. The molecule has 0 spiro atoms. The zero-order valence-electron chi connectivity index (χ0n) is 11.8. The summed E-state index contributed by atoms with van der Waals surface area (Å²) < 4.78 is 0. The Bertz CT molecular complexity index is 709. The number of para-hydroxylation sites is 1. The molecule has 1 amide bonds. The third kappa shape index (κ3) is 2.23. The number of amides is 1. The number of hydrogen-bond donors (Lipinski definition) is 2. The minimum Gasteiger partial charge on any atom is -0.508 e. The number of aryl methyl sites for hydroxylation is 1. The average Bonchev–Trinajstić information content (AvgIpc) is 2.49. The highest BCUT2D eigenvalue weighted by atomic mass is 16.3. The SMILES string of the molecule is Cc1c(O)cccc1C(=O)N1CCCc2cccc(O)c21. The van der Waals surface area contributed by atoms with Gasteiger partial charge in [0.05, 0.1) is 5.69 Å². The lowest BCUT2D eigenvalue weighted by molar-refractivity contribution is 0.0983. The molecule has 2 N–H and O–H groups in total. The van der Waals surface area contributed by atoms with E-state index < -0.39 is 0 Å². The quantitative estimate of drug-likeness (QED) is 0.845. The van der Waals surface area contributed by atoms with Crippen LogP contribution in [0.2, 0.25) is 0 Å². The topological polar surface area (TPSA) is 60.8 Å². The number of hydrogen-bond acceptors (Lipinski definition) is 3. The van der Waals surface area contributed by atoms with Gasteiger partial charge in [-0.25, -0.2) is 0 Å². The summed E-state index contributed by atoms with van der Waals surface area (Å²) in [6.45, 7) is 2.29. The van der Waals surface area contributed by atoms with E-state index in [9.17, 15) is 15.0 Å². The van der Waals surface area contributed by atoms with Gasteiger partial charge in [0.1, 0.15) is 11.5 Å². The molecule has 0 unspecified atom stereocenters. The smallest absolute Gasteiger partial charge is 0.258 e. The van der Waals surface area contributed by atoms with E-state index in [0.29, 0.717) is 23.4 Å². The second-order valence-electron chi connectivity index (χ2n) is 5.29. The highest BCUT2D eigenvalue weighted by Gasteiger charge is 2.27. The van der Waals surface area contributed by atoms with Gasteiger partial charge in [-0.1, -0.05) is 18.2 Å². The maximum Gasteiger partial charge on any atom is 0.258 e. The van der Waals surface area contributed by atoms with E-state index in [1.54, 1.807) is 42.2 Å². The number of phenolic OH excluding ortho intramolecular Hbond substituents is 2. The normalized spacial score (nSPS) is 13.9. The maximum absolute atomic E-state index is 12.8. The van der Waals surface area contributed by atoms with E-state index in [1.807, 2.05) is 6.07 Å². The summed E-state index contributed by atoms with van der Waals surface area (Å²) in [5.74, 6) is 0.0413. The van der Waals surface area contributed by atoms with E-state index in [4.69, 9.17) is 0 Å². The molecule has 0 saturated carbocycles. The number of anilines is 1. The molecule has 0 saturated heterocycles. The molecule has 0 radical (unpaired) electrons. The molecule has 0 aliphatic carbocycles. The summed E-state index contributed by atoms with van der Waals surface area (Å²) >= 11 is 0. The summed E-state index contributed by atoms with van der Waals surface area (Å²) in [7, 11) is 0. The Morgan fingerprint density at radius 2 is 1.81 bits per heavy atom. The Labute approximate surface area is 123 Å². The summed E-state index contributed by atoms with van der Waals surface area (Å²) in [4.78, 5) is 14.4. The molecule has 0 atom stereocenters. The van der Waals surface area contributed by atoms with Crippen LogP contribution >= 0.6 is 0 Å². The Morgan fingerprint density at radius 3 is 2.62 bits per heavy atom. The van der Waals surface area contributed by atoms with Gasteiger partial charge in [-0.15, -0.1) is 0 Å². The van der Waals surface area contributed by atoms with Gasteiger partial charge in [-0.05, 0) is 43.5 Å². The van der Waals surface area contributed by atoms with Gasteiger partial charge in [0.25, 0.3) is 5.91 Å². The van der Waals surface area contributed by atoms with Crippen molar-refractivity contribution in [2.45, 2.75) is 19.8 Å². The highest BCUT2D eigenvalue weighted by Crippen LogP contribution is 2.36. The van der Waals surface area contributed by atoms with Crippen LogP contribution in [0.1, 0.15) is 27.9 Å². The molecule has 4 heteroatoms. The average molecular weight is 283 g/mol. The van der Waals surface area contributed by atoms with Crippen molar-refractivity contribution in [1.82, 2.24) is 0 Å². The summed E-state index contributed by atoms with van der Waals surface area (Å²) in [6, 6.07) is 10.2. The predicted octanol–water partition coefficient (Wildman–Crippen LogP) is 3.00. The van der Waals surface area contributed by atoms with E-state index in [0.717, 1.165) is 18.4 Å². The number of aromatic hydroxyl groups is 2. The van der Waals surface area contributed by atoms with Crippen LogP contribution in [0.3, 0.4) is 0 Å². The second kappa shape index (κ2) is 5.13. The number of fused-ring (bicyclic) bond motifs is 1. The lowest BCUT2D eigenvalue weighted by Gasteiger charge is -2.30. The van der Waals surface area contributed by atoms with E-state index in [-0.39, 0.29) is 17.4 Å². The van der Waals surface area contributed by atoms with Crippen molar-refractivity contribution in [3.05, 3.63) is 53.1 Å². The van der Waals surface area contributed by atoms with Crippen LogP contribution in [0.15, 0.2) is 36.4 Å². The number of rotatable bonds is 1. The van der Waals surface area contributed by atoms with E-state index in [2.05, 4.69) is 0 Å². The molecule has 2 aromatic rings. The Kier molecular flexibility index (Phi) is 3.29. The molecule has 0 bridgehead atoms. The van der Waals surface area contributed by atoms with Gasteiger partial charge in [0.2, 0.25) is 0 Å². The third-order valence-corrected chi connectivity index (χ3v) is 3.98. The van der Waals surface area contributed by atoms with Gasteiger partial charge in [0.15, 0.2) is 0 Å². The zero-order valence-corrected chi connectivity index (χ0v) is 11.8. The molecule has 21 heavy (non-hydrogen) atoms. The fraction of sp³-hybridized carbons (Fsp3) is 0.235. The molecule has 2 aromatic carbocycles. The molecular weight excluding hydrogens is 266 g/mol. The number of phenols is 2. The van der Waals surface area contributed by atoms with Gasteiger partial charge in [-0.3, -0.25) is 4.79 Å². The van der Waals surface area contributed by atoms with Crippen molar-refractivity contribution in [3.8, 4) is 11.5 Å². The lowest BCUT2D eigenvalue weighted by atomic mass is 9.99. The van der Waals surface area contributed by atoms with E-state index in [1.165, 1.54) is 0 Å². The van der Waals surface area contributed by atoms with Crippen molar-refractivity contribution in [3.63, 3.8) is 0 Å². The first kappa shape index (κ1) is 13.5. The molecule has 1 heterocycles. The minimum atomic E-state index is -0.189. The van der Waals surface area contributed by atoms with Crippen molar-refractivity contribution in [2.24, 2.45) is 0 Å². The van der Waals surface area contributed by atoms with Crippen LogP contribution in [-0.2, 0) is 6.42 Å². The van der Waals surface area contributed by atoms with E-state index >= 15 is 0 Å². The maximum atomic E-state index is 12.8. The highest BCUT2D eigenvalue weighted by molar-refractivity contribution is 6.08. The van der Waals surface area contributed by atoms with Crippen LogP contribution in [0.4, 0.5) is 5.69 Å². The molecule has 0 aromatic heterocycles. The molecule has 108 valence electrons. The van der Waals surface area contributed by atoms with Crippen LogP contribution < -0.4 is 4.90 Å². The molecule has 1 aliphatic rings. The second-order valence-corrected chi connectivity index (χ2v) is 5.29. The third-order valence-electron chi connectivity index (χ3n) is 3.98. The van der Waals surface area contributed by atoms with Gasteiger partial charge in [-0.2, -0.15) is 0 Å². The molecule has 1 aliphatic heterocycles. The molecule has 0 fully saturated rings. The first-order valence-electron chi connectivity index (χ1n) is 7.01. The van der Waals surface area contributed by atoms with Crippen molar-refractivity contribution < 1.29 is 15.0 Å². The monoisotopic (exact) mass is 283 g/mol. The first-order chi connectivity index (χ1) is 10.1. The van der Waals surface area contributed by atoms with Gasteiger partial charge in [0, 0.05) is 17.7 Å². The zero-order chi connectivity index (χ0) is 15.0. The Balaban J connectivity index is 2.07. The largest absolute Gasteiger partial charge is 0.508 e. The number of benzene rings is 2. The molecular formula is C17H17NO3. The number of carbonyl (C=O) groups excluding carboxylic acids is 1. The van der Waals surface area contributed by atoms with Gasteiger partial charge < -0.3 is 15.1 Å². The van der Waals surface area contributed by atoms with Crippen molar-refractivity contribution in [2.75, 3.05) is 11.4 Å². The molecule has 3 rings (SSSR count). The summed E-state index contributed by atoms with van der Waals surface area (Å²) in [5.41, 5.74) is 2.60. The van der Waals surface area contributed by atoms with Crippen LogP contribution in [0.5, 0.6) is 11.5 Å². The lowest BCUT2D eigenvalue weighted by Crippen LogP contribution is -2.35. The fourth-order valence-electron chi connectivity index (χ4n) is 2.83.